The Hall–Kier alpha value is -3.36. The molecule has 1 amide bonds. The first-order chi connectivity index (χ1) is 15.9. The van der Waals surface area contributed by atoms with Gasteiger partial charge in [0.05, 0.1) is 12.0 Å². The van der Waals surface area contributed by atoms with Crippen LogP contribution in [0.1, 0.15) is 35.7 Å². The van der Waals surface area contributed by atoms with Crippen LogP contribution in [0.25, 0.3) is 0 Å². The topological polar surface area (TPSA) is 93.7 Å². The number of anilines is 1. The van der Waals surface area contributed by atoms with Gasteiger partial charge in [0.15, 0.2) is 11.5 Å². The number of amides is 1. The van der Waals surface area contributed by atoms with E-state index in [2.05, 4.69) is 10.0 Å². The molecule has 0 aromatic heterocycles. The Morgan fingerprint density at radius 1 is 0.939 bits per heavy atom. The lowest BCUT2D eigenvalue weighted by Gasteiger charge is -2.13. The van der Waals surface area contributed by atoms with Crippen molar-refractivity contribution in [3.8, 4) is 11.5 Å². The van der Waals surface area contributed by atoms with Crippen LogP contribution in [-0.4, -0.2) is 28.0 Å². The maximum atomic E-state index is 12.8. The fourth-order valence-corrected chi connectivity index (χ4v) is 4.19. The second-order valence-electron chi connectivity index (χ2n) is 7.37. The lowest BCUT2D eigenvalue weighted by molar-refractivity contribution is 0.102. The van der Waals surface area contributed by atoms with Crippen LogP contribution >= 0.6 is 0 Å². The summed E-state index contributed by atoms with van der Waals surface area (Å²) >= 11 is 0. The third-order valence-electron chi connectivity index (χ3n) is 4.89. The van der Waals surface area contributed by atoms with Gasteiger partial charge in [-0.05, 0) is 48.4 Å². The lowest BCUT2D eigenvalue weighted by atomic mass is 10.1. The molecule has 0 saturated heterocycles. The van der Waals surface area contributed by atoms with Gasteiger partial charge in [0.25, 0.3) is 5.91 Å². The first kappa shape index (κ1) is 24.3. The van der Waals surface area contributed by atoms with Gasteiger partial charge in [-0.3, -0.25) is 4.79 Å². The zero-order chi connectivity index (χ0) is 23.7. The van der Waals surface area contributed by atoms with E-state index in [0.717, 1.165) is 18.4 Å². The van der Waals surface area contributed by atoms with E-state index in [-0.39, 0.29) is 4.90 Å². The molecule has 0 unspecified atom stereocenters. The molecule has 2 N–H and O–H groups in total. The Labute approximate surface area is 194 Å². The quantitative estimate of drug-likeness (QED) is 0.401. The van der Waals surface area contributed by atoms with E-state index in [1.807, 2.05) is 37.3 Å². The van der Waals surface area contributed by atoms with Crippen LogP contribution < -0.4 is 19.5 Å². The molecule has 3 aromatic rings. The minimum absolute atomic E-state index is 0.0960. The fraction of sp³-hybridized carbons (Fsp3) is 0.240. The Morgan fingerprint density at radius 2 is 1.73 bits per heavy atom. The summed E-state index contributed by atoms with van der Waals surface area (Å²) in [6.45, 7) is 2.73. The molecule has 0 saturated carbocycles. The number of methoxy groups -OCH3 is 1. The van der Waals surface area contributed by atoms with Gasteiger partial charge in [0.1, 0.15) is 6.61 Å². The number of unbranched alkanes of at least 4 members (excludes halogenated alkanes) is 1. The van der Waals surface area contributed by atoms with Crippen LogP contribution in [0.3, 0.4) is 0 Å². The molecule has 0 bridgehead atoms. The standard InChI is InChI=1S/C25H28N2O5S/c1-3-4-15-26-33(29,30)22-12-8-11-21(17-22)27-25(28)20-13-14-23(24(16-20)31-2)32-18-19-9-6-5-7-10-19/h5-14,16-17,26H,3-4,15,18H2,1-2H3,(H,27,28). The summed E-state index contributed by atoms with van der Waals surface area (Å²) in [4.78, 5) is 12.9. The summed E-state index contributed by atoms with van der Waals surface area (Å²) in [5, 5.41) is 2.74. The SMILES string of the molecule is CCCCNS(=O)(=O)c1cccc(NC(=O)c2ccc(OCc3ccccc3)c(OC)c2)c1. The number of hydrogen-bond acceptors (Lipinski definition) is 5. The number of sulfonamides is 1. The predicted molar refractivity (Wildman–Crippen MR) is 128 cm³/mol. The van der Waals surface area contributed by atoms with Gasteiger partial charge in [0.2, 0.25) is 10.0 Å². The van der Waals surface area contributed by atoms with E-state index in [4.69, 9.17) is 9.47 Å². The van der Waals surface area contributed by atoms with Gasteiger partial charge in [-0.25, -0.2) is 13.1 Å². The summed E-state index contributed by atoms with van der Waals surface area (Å²) in [6.07, 6.45) is 1.64. The highest BCUT2D eigenvalue weighted by molar-refractivity contribution is 7.89. The second-order valence-corrected chi connectivity index (χ2v) is 9.14. The molecule has 0 atom stereocenters. The summed E-state index contributed by atoms with van der Waals surface area (Å²) < 4.78 is 38.7. The maximum Gasteiger partial charge on any atom is 0.255 e. The smallest absolute Gasteiger partial charge is 0.255 e. The zero-order valence-corrected chi connectivity index (χ0v) is 19.5. The van der Waals surface area contributed by atoms with Crippen molar-refractivity contribution < 1.29 is 22.7 Å². The average Bonchev–Trinajstić information content (AvgIpc) is 2.83. The lowest BCUT2D eigenvalue weighted by Crippen LogP contribution is -2.24. The van der Waals surface area contributed by atoms with Crippen molar-refractivity contribution in [3.63, 3.8) is 0 Å². The molecule has 0 aliphatic heterocycles. The molecule has 0 aliphatic rings. The highest BCUT2D eigenvalue weighted by atomic mass is 32.2. The van der Waals surface area contributed by atoms with Gasteiger partial charge < -0.3 is 14.8 Å². The average molecular weight is 469 g/mol. The number of carbonyl (C=O) groups is 1. The van der Waals surface area contributed by atoms with Crippen LogP contribution in [0.15, 0.2) is 77.7 Å². The van der Waals surface area contributed by atoms with Crippen molar-refractivity contribution in [1.29, 1.82) is 0 Å². The molecule has 3 rings (SSSR count). The number of nitrogens with one attached hydrogen (secondary N) is 2. The van der Waals surface area contributed by atoms with E-state index in [0.29, 0.717) is 35.9 Å². The van der Waals surface area contributed by atoms with Crippen LogP contribution in [0, 0.1) is 0 Å². The first-order valence-corrected chi connectivity index (χ1v) is 12.2. The second kappa shape index (κ2) is 11.5. The first-order valence-electron chi connectivity index (χ1n) is 10.7. The van der Waals surface area contributed by atoms with E-state index in [1.54, 1.807) is 30.3 Å². The number of carbonyl (C=O) groups excluding carboxylic acids is 1. The number of benzene rings is 3. The Bertz CT molecular complexity index is 1180. The van der Waals surface area contributed by atoms with E-state index >= 15 is 0 Å². The van der Waals surface area contributed by atoms with Gasteiger partial charge in [0, 0.05) is 17.8 Å². The van der Waals surface area contributed by atoms with Crippen LogP contribution in [0.2, 0.25) is 0 Å². The summed E-state index contributed by atoms with van der Waals surface area (Å²) in [6, 6.07) is 20.8. The summed E-state index contributed by atoms with van der Waals surface area (Å²) in [7, 11) is -2.13. The van der Waals surface area contributed by atoms with Gasteiger partial charge in [-0.1, -0.05) is 49.7 Å². The van der Waals surface area contributed by atoms with Crippen LogP contribution in [0.5, 0.6) is 11.5 Å². The molecule has 0 spiro atoms. The third-order valence-corrected chi connectivity index (χ3v) is 6.35. The molecule has 0 aliphatic carbocycles. The molecule has 0 fully saturated rings. The molecule has 33 heavy (non-hydrogen) atoms. The maximum absolute atomic E-state index is 12.8. The molecule has 3 aromatic carbocycles. The molecule has 8 heteroatoms. The zero-order valence-electron chi connectivity index (χ0n) is 18.7. The van der Waals surface area contributed by atoms with Gasteiger partial charge in [-0.2, -0.15) is 0 Å². The number of ether oxygens (including phenoxy) is 2. The normalized spacial score (nSPS) is 11.1. The van der Waals surface area contributed by atoms with Crippen molar-refractivity contribution in [3.05, 3.63) is 83.9 Å². The van der Waals surface area contributed by atoms with Crippen LogP contribution in [-0.2, 0) is 16.6 Å². The molecule has 174 valence electrons. The highest BCUT2D eigenvalue weighted by Crippen LogP contribution is 2.29. The Morgan fingerprint density at radius 3 is 2.45 bits per heavy atom. The van der Waals surface area contributed by atoms with E-state index in [9.17, 15) is 13.2 Å². The molecule has 7 nitrogen and oxygen atoms in total. The van der Waals surface area contributed by atoms with Crippen molar-refractivity contribution in [2.24, 2.45) is 0 Å². The van der Waals surface area contributed by atoms with E-state index < -0.39 is 15.9 Å². The minimum Gasteiger partial charge on any atom is -0.493 e. The number of hydrogen-bond donors (Lipinski definition) is 2. The van der Waals surface area contributed by atoms with Gasteiger partial charge in [-0.15, -0.1) is 0 Å². The largest absolute Gasteiger partial charge is 0.493 e. The third kappa shape index (κ3) is 6.81. The highest BCUT2D eigenvalue weighted by Gasteiger charge is 2.16. The van der Waals surface area contributed by atoms with Gasteiger partial charge >= 0.3 is 0 Å². The van der Waals surface area contributed by atoms with Crippen molar-refractivity contribution in [1.82, 2.24) is 4.72 Å². The molecular weight excluding hydrogens is 440 g/mol. The minimum atomic E-state index is -3.64. The van der Waals surface area contributed by atoms with Crippen molar-refractivity contribution >= 4 is 21.6 Å². The summed E-state index contributed by atoms with van der Waals surface area (Å²) in [5.74, 6) is 0.551. The predicted octanol–water partition coefficient (Wildman–Crippen LogP) is 4.60. The molecule has 0 heterocycles. The monoisotopic (exact) mass is 468 g/mol. The van der Waals surface area contributed by atoms with Crippen LogP contribution in [0.4, 0.5) is 5.69 Å². The van der Waals surface area contributed by atoms with Crippen molar-refractivity contribution in [2.75, 3.05) is 19.0 Å². The summed E-state index contributed by atoms with van der Waals surface area (Å²) in [5.41, 5.74) is 1.75. The molecular formula is C25H28N2O5S. The Balaban J connectivity index is 1.70. The molecule has 0 radical (unpaired) electrons. The van der Waals surface area contributed by atoms with E-state index in [1.165, 1.54) is 19.2 Å². The van der Waals surface area contributed by atoms with Crippen molar-refractivity contribution in [2.45, 2.75) is 31.3 Å². The number of rotatable bonds is 11. The fourth-order valence-electron chi connectivity index (χ4n) is 3.07. The Kier molecular flexibility index (Phi) is 8.46.